The minimum atomic E-state index is -0.183. The summed E-state index contributed by atoms with van der Waals surface area (Å²) in [4.78, 5) is 14.6. The number of benzene rings is 1. The van der Waals surface area contributed by atoms with Crippen LogP contribution in [0.4, 0.5) is 5.69 Å². The van der Waals surface area contributed by atoms with E-state index in [0.717, 1.165) is 44.2 Å². The summed E-state index contributed by atoms with van der Waals surface area (Å²) in [5.41, 5.74) is 3.37. The molecule has 0 bridgehead atoms. The van der Waals surface area contributed by atoms with Gasteiger partial charge in [-0.15, -0.1) is 0 Å². The molecule has 6 nitrogen and oxygen atoms in total. The van der Waals surface area contributed by atoms with Gasteiger partial charge in [-0.2, -0.15) is 5.10 Å². The van der Waals surface area contributed by atoms with Crippen LogP contribution in [0.3, 0.4) is 0 Å². The van der Waals surface area contributed by atoms with Crippen molar-refractivity contribution in [1.29, 1.82) is 0 Å². The van der Waals surface area contributed by atoms with Crippen LogP contribution in [-0.2, 0) is 18.3 Å². The van der Waals surface area contributed by atoms with Gasteiger partial charge in [0.25, 0.3) is 5.91 Å². The van der Waals surface area contributed by atoms with E-state index in [9.17, 15) is 4.79 Å². The van der Waals surface area contributed by atoms with Crippen molar-refractivity contribution in [3.63, 3.8) is 0 Å². The number of aryl methyl sites for hydroxylation is 2. The third kappa shape index (κ3) is 3.97. The maximum absolute atomic E-state index is 12.3. The first-order chi connectivity index (χ1) is 11.1. The van der Waals surface area contributed by atoms with E-state index in [4.69, 9.17) is 4.74 Å². The van der Waals surface area contributed by atoms with Crippen LogP contribution in [0, 0.1) is 6.92 Å². The summed E-state index contributed by atoms with van der Waals surface area (Å²) in [5, 5.41) is 7.12. The number of hydrogen-bond acceptors (Lipinski definition) is 4. The second-order valence-corrected chi connectivity index (χ2v) is 5.84. The quantitative estimate of drug-likeness (QED) is 0.935. The van der Waals surface area contributed by atoms with Crippen molar-refractivity contribution in [3.05, 3.63) is 47.3 Å². The van der Waals surface area contributed by atoms with Gasteiger partial charge in [0, 0.05) is 38.1 Å². The summed E-state index contributed by atoms with van der Waals surface area (Å²) in [6, 6.07) is 9.75. The predicted molar refractivity (Wildman–Crippen MR) is 88.4 cm³/mol. The van der Waals surface area contributed by atoms with Gasteiger partial charge in [0.1, 0.15) is 0 Å². The van der Waals surface area contributed by atoms with Crippen molar-refractivity contribution in [1.82, 2.24) is 14.7 Å². The lowest BCUT2D eigenvalue weighted by Gasteiger charge is -2.26. The number of aromatic nitrogens is 2. The van der Waals surface area contributed by atoms with Crippen LogP contribution in [0.15, 0.2) is 30.3 Å². The first kappa shape index (κ1) is 15.7. The number of ether oxygens (including phenoxy) is 1. The first-order valence-electron chi connectivity index (χ1n) is 7.83. The molecule has 1 saturated heterocycles. The third-order valence-electron chi connectivity index (χ3n) is 4.04. The van der Waals surface area contributed by atoms with Crippen LogP contribution >= 0.6 is 0 Å². The lowest BCUT2D eigenvalue weighted by Crippen LogP contribution is -2.35. The van der Waals surface area contributed by atoms with E-state index in [1.807, 2.05) is 32.2 Å². The largest absolute Gasteiger partial charge is 0.379 e. The van der Waals surface area contributed by atoms with E-state index in [1.54, 1.807) is 10.7 Å². The van der Waals surface area contributed by atoms with E-state index in [2.05, 4.69) is 21.4 Å². The van der Waals surface area contributed by atoms with Gasteiger partial charge in [0.15, 0.2) is 5.69 Å². The fourth-order valence-corrected chi connectivity index (χ4v) is 2.63. The number of nitrogens with zero attached hydrogens (tertiary/aromatic N) is 3. The molecule has 3 rings (SSSR count). The van der Waals surface area contributed by atoms with Gasteiger partial charge in [-0.1, -0.05) is 12.1 Å². The molecule has 1 aliphatic rings. The zero-order valence-electron chi connectivity index (χ0n) is 13.6. The molecule has 1 aliphatic heterocycles. The zero-order valence-corrected chi connectivity index (χ0v) is 13.6. The van der Waals surface area contributed by atoms with Crippen molar-refractivity contribution in [2.75, 3.05) is 31.6 Å². The van der Waals surface area contributed by atoms with Crippen molar-refractivity contribution in [2.45, 2.75) is 13.5 Å². The molecule has 2 heterocycles. The van der Waals surface area contributed by atoms with Gasteiger partial charge >= 0.3 is 0 Å². The van der Waals surface area contributed by atoms with Crippen LogP contribution in [0.1, 0.15) is 21.7 Å². The Kier molecular flexibility index (Phi) is 4.73. The molecule has 1 fully saturated rings. The molecular formula is C17H22N4O2. The molecule has 122 valence electrons. The highest BCUT2D eigenvalue weighted by atomic mass is 16.5. The molecule has 1 amide bonds. The van der Waals surface area contributed by atoms with Crippen LogP contribution in [-0.4, -0.2) is 46.9 Å². The topological polar surface area (TPSA) is 59.4 Å². The van der Waals surface area contributed by atoms with Gasteiger partial charge in [-0.3, -0.25) is 14.4 Å². The molecule has 0 atom stereocenters. The molecular weight excluding hydrogens is 292 g/mol. The van der Waals surface area contributed by atoms with Gasteiger partial charge < -0.3 is 10.1 Å². The Labute approximate surface area is 136 Å². The van der Waals surface area contributed by atoms with E-state index < -0.39 is 0 Å². The van der Waals surface area contributed by atoms with Gasteiger partial charge in [-0.05, 0) is 30.7 Å². The molecule has 1 N–H and O–H groups in total. The van der Waals surface area contributed by atoms with E-state index in [1.165, 1.54) is 5.56 Å². The smallest absolute Gasteiger partial charge is 0.276 e. The number of amides is 1. The molecule has 1 aromatic carbocycles. The Balaban J connectivity index is 1.65. The number of carbonyl (C=O) groups is 1. The lowest BCUT2D eigenvalue weighted by atomic mass is 10.1. The highest BCUT2D eigenvalue weighted by molar-refractivity contribution is 6.02. The second kappa shape index (κ2) is 6.93. The number of rotatable bonds is 4. The number of hydrogen-bond donors (Lipinski definition) is 1. The Morgan fingerprint density at radius 1 is 1.30 bits per heavy atom. The Morgan fingerprint density at radius 2 is 2.09 bits per heavy atom. The summed E-state index contributed by atoms with van der Waals surface area (Å²) < 4.78 is 7.06. The fourth-order valence-electron chi connectivity index (χ4n) is 2.63. The molecule has 0 spiro atoms. The van der Waals surface area contributed by atoms with Crippen molar-refractivity contribution in [3.8, 4) is 0 Å². The van der Waals surface area contributed by atoms with Crippen LogP contribution in [0.25, 0.3) is 0 Å². The van der Waals surface area contributed by atoms with Crippen molar-refractivity contribution < 1.29 is 9.53 Å². The van der Waals surface area contributed by atoms with E-state index in [0.29, 0.717) is 5.69 Å². The van der Waals surface area contributed by atoms with Crippen LogP contribution < -0.4 is 5.32 Å². The maximum atomic E-state index is 12.3. The molecule has 0 saturated carbocycles. The summed E-state index contributed by atoms with van der Waals surface area (Å²) >= 11 is 0. The van der Waals surface area contributed by atoms with Gasteiger partial charge in [-0.25, -0.2) is 0 Å². The predicted octanol–water partition coefficient (Wildman–Crippen LogP) is 1.81. The molecule has 0 aliphatic carbocycles. The van der Waals surface area contributed by atoms with Crippen molar-refractivity contribution >= 4 is 11.6 Å². The summed E-state index contributed by atoms with van der Waals surface area (Å²) in [6.45, 7) is 6.26. The monoisotopic (exact) mass is 314 g/mol. The number of anilines is 1. The third-order valence-corrected chi connectivity index (χ3v) is 4.04. The fraction of sp³-hybridized carbons (Fsp3) is 0.412. The van der Waals surface area contributed by atoms with E-state index >= 15 is 0 Å². The maximum Gasteiger partial charge on any atom is 0.276 e. The average Bonchev–Trinajstić information content (AvgIpc) is 2.88. The summed E-state index contributed by atoms with van der Waals surface area (Å²) in [6.07, 6.45) is 0. The Bertz CT molecular complexity index is 670. The average molecular weight is 314 g/mol. The molecule has 23 heavy (non-hydrogen) atoms. The number of nitrogens with one attached hydrogen (secondary N) is 1. The first-order valence-corrected chi connectivity index (χ1v) is 7.83. The Hall–Kier alpha value is -2.18. The van der Waals surface area contributed by atoms with Crippen molar-refractivity contribution in [2.24, 2.45) is 7.05 Å². The minimum absolute atomic E-state index is 0.183. The highest BCUT2D eigenvalue weighted by Crippen LogP contribution is 2.15. The normalized spacial score (nSPS) is 15.6. The molecule has 6 heteroatoms. The zero-order chi connectivity index (χ0) is 16.2. The lowest BCUT2D eigenvalue weighted by molar-refractivity contribution is 0.0342. The molecule has 0 radical (unpaired) electrons. The number of morpholine rings is 1. The minimum Gasteiger partial charge on any atom is -0.379 e. The Morgan fingerprint density at radius 3 is 2.78 bits per heavy atom. The summed E-state index contributed by atoms with van der Waals surface area (Å²) in [7, 11) is 1.83. The second-order valence-electron chi connectivity index (χ2n) is 5.84. The van der Waals surface area contributed by atoms with Crippen LogP contribution in [0.5, 0.6) is 0 Å². The SMILES string of the molecule is Cc1cc(C(=O)Nc2cccc(CN3CCOCC3)c2)nn1C. The molecule has 2 aromatic rings. The summed E-state index contributed by atoms with van der Waals surface area (Å²) in [5.74, 6) is -0.183. The molecule has 0 unspecified atom stereocenters. The van der Waals surface area contributed by atoms with Crippen LogP contribution in [0.2, 0.25) is 0 Å². The highest BCUT2D eigenvalue weighted by Gasteiger charge is 2.13. The standard InChI is InChI=1S/C17H22N4O2/c1-13-10-16(19-20(13)2)17(22)18-15-5-3-4-14(11-15)12-21-6-8-23-9-7-21/h3-5,10-11H,6-9,12H2,1-2H3,(H,18,22). The molecule has 1 aromatic heterocycles. The van der Waals surface area contributed by atoms with Gasteiger partial charge in [0.05, 0.1) is 13.2 Å². The van der Waals surface area contributed by atoms with Gasteiger partial charge in [0.2, 0.25) is 0 Å². The number of carbonyl (C=O) groups excluding carboxylic acids is 1. The van der Waals surface area contributed by atoms with E-state index in [-0.39, 0.29) is 5.91 Å².